The Hall–Kier alpha value is -2.05. The highest BCUT2D eigenvalue weighted by atomic mass is 35.5. The van der Waals surface area contributed by atoms with E-state index in [1.54, 1.807) is 19.2 Å². The number of piperidine rings is 1. The number of amides is 1. The summed E-state index contributed by atoms with van der Waals surface area (Å²) in [6.45, 7) is 4.29. The van der Waals surface area contributed by atoms with Crippen LogP contribution in [0.15, 0.2) is 36.7 Å². The molecule has 0 saturated carbocycles. The van der Waals surface area contributed by atoms with Crippen molar-refractivity contribution in [3.05, 3.63) is 41.7 Å². The van der Waals surface area contributed by atoms with Crippen LogP contribution in [-0.4, -0.2) is 47.3 Å². The highest BCUT2D eigenvalue weighted by Crippen LogP contribution is 2.27. The van der Waals surface area contributed by atoms with Crippen LogP contribution >= 0.6 is 11.6 Å². The molecule has 0 spiro atoms. The molecular weight excluding hydrogens is 376 g/mol. The van der Waals surface area contributed by atoms with Crippen LogP contribution in [0.4, 0.5) is 5.69 Å². The molecule has 0 aliphatic carbocycles. The number of benzene rings is 1. The Kier molecular flexibility index (Phi) is 7.74. The summed E-state index contributed by atoms with van der Waals surface area (Å²) in [4.78, 5) is 14.8. The van der Waals surface area contributed by atoms with Crippen LogP contribution in [0.2, 0.25) is 5.02 Å². The minimum atomic E-state index is 0.0389. The molecule has 0 radical (unpaired) electrons. The Balaban J connectivity index is 1.37. The molecule has 2 aromatic rings. The molecule has 1 aromatic heterocycles. The minimum absolute atomic E-state index is 0.0389. The zero-order valence-corrected chi connectivity index (χ0v) is 17.2. The van der Waals surface area contributed by atoms with Gasteiger partial charge >= 0.3 is 0 Å². The number of anilines is 1. The van der Waals surface area contributed by atoms with Crippen LogP contribution in [-0.2, 0) is 11.3 Å². The molecule has 152 valence electrons. The standard InChI is InChI=1S/C21H29ClN4O2/c1-28-20-8-7-18(15-19(20)22)24-21(27)9-6-17-5-2-11-25(16-17)12-4-14-26-13-3-10-23-26/h3,7-8,10,13,15,17H,2,4-6,9,11-12,14,16H2,1H3,(H,24,27)/t17-/m1/s1. The summed E-state index contributed by atoms with van der Waals surface area (Å²) in [5.41, 5.74) is 0.708. The van der Waals surface area contributed by atoms with Crippen molar-refractivity contribution < 1.29 is 9.53 Å². The van der Waals surface area contributed by atoms with Gasteiger partial charge < -0.3 is 15.0 Å². The highest BCUT2D eigenvalue weighted by molar-refractivity contribution is 6.32. The molecule has 3 rings (SSSR count). The molecule has 1 N–H and O–H groups in total. The normalized spacial score (nSPS) is 17.4. The maximum absolute atomic E-state index is 12.3. The first-order chi connectivity index (χ1) is 13.6. The minimum Gasteiger partial charge on any atom is -0.495 e. The van der Waals surface area contributed by atoms with Crippen molar-refractivity contribution in [1.82, 2.24) is 14.7 Å². The van der Waals surface area contributed by atoms with E-state index in [0.717, 1.165) is 39.0 Å². The summed E-state index contributed by atoms with van der Waals surface area (Å²) in [6, 6.07) is 7.26. The number of hydrogen-bond acceptors (Lipinski definition) is 4. The quantitative estimate of drug-likeness (QED) is 0.684. The van der Waals surface area contributed by atoms with Crippen LogP contribution in [0.25, 0.3) is 0 Å². The van der Waals surface area contributed by atoms with E-state index in [-0.39, 0.29) is 5.91 Å². The van der Waals surface area contributed by atoms with Crippen molar-refractivity contribution in [3.8, 4) is 5.75 Å². The lowest BCUT2D eigenvalue weighted by Crippen LogP contribution is -2.36. The number of ether oxygens (including phenoxy) is 1. The predicted octanol–water partition coefficient (Wildman–Crippen LogP) is 4.07. The van der Waals surface area contributed by atoms with Crippen LogP contribution < -0.4 is 10.1 Å². The van der Waals surface area contributed by atoms with Gasteiger partial charge in [-0.2, -0.15) is 5.10 Å². The van der Waals surface area contributed by atoms with E-state index in [4.69, 9.17) is 16.3 Å². The van der Waals surface area contributed by atoms with Gasteiger partial charge in [0.15, 0.2) is 0 Å². The molecular formula is C21H29ClN4O2. The number of nitrogens with zero attached hydrogens (tertiary/aromatic N) is 3. The van der Waals surface area contributed by atoms with Gasteiger partial charge in [-0.05, 0) is 69.0 Å². The number of aromatic nitrogens is 2. The lowest BCUT2D eigenvalue weighted by atomic mass is 9.93. The molecule has 6 nitrogen and oxygen atoms in total. The molecule has 1 aromatic carbocycles. The largest absolute Gasteiger partial charge is 0.495 e. The summed E-state index contributed by atoms with van der Waals surface area (Å²) < 4.78 is 7.12. The van der Waals surface area contributed by atoms with E-state index in [0.29, 0.717) is 28.8 Å². The van der Waals surface area contributed by atoms with Crippen molar-refractivity contribution in [3.63, 3.8) is 0 Å². The summed E-state index contributed by atoms with van der Waals surface area (Å²) in [6.07, 6.45) is 8.81. The molecule has 7 heteroatoms. The second-order valence-electron chi connectivity index (χ2n) is 7.37. The summed E-state index contributed by atoms with van der Waals surface area (Å²) >= 11 is 6.11. The summed E-state index contributed by atoms with van der Waals surface area (Å²) in [5, 5.41) is 7.68. The first kappa shape index (κ1) is 20.7. The van der Waals surface area contributed by atoms with E-state index in [2.05, 4.69) is 15.3 Å². The number of aryl methyl sites for hydroxylation is 1. The number of rotatable bonds is 9. The van der Waals surface area contributed by atoms with Crippen LogP contribution in [0.5, 0.6) is 5.75 Å². The Morgan fingerprint density at radius 2 is 2.29 bits per heavy atom. The molecule has 1 atom stereocenters. The summed E-state index contributed by atoms with van der Waals surface area (Å²) in [7, 11) is 1.57. The first-order valence-corrected chi connectivity index (χ1v) is 10.3. The predicted molar refractivity (Wildman–Crippen MR) is 112 cm³/mol. The SMILES string of the molecule is COc1ccc(NC(=O)CC[C@H]2CCCN(CCCn3cccn3)C2)cc1Cl. The molecule has 1 aliphatic rings. The topological polar surface area (TPSA) is 59.4 Å². The van der Waals surface area contributed by atoms with Gasteiger partial charge in [0.1, 0.15) is 5.75 Å². The highest BCUT2D eigenvalue weighted by Gasteiger charge is 2.20. The van der Waals surface area contributed by atoms with Gasteiger partial charge in [0.2, 0.25) is 5.91 Å². The number of methoxy groups -OCH3 is 1. The van der Waals surface area contributed by atoms with Gasteiger partial charge in [-0.3, -0.25) is 9.48 Å². The van der Waals surface area contributed by atoms with Gasteiger partial charge in [0, 0.05) is 37.6 Å². The maximum atomic E-state index is 12.3. The van der Waals surface area contributed by atoms with Crippen molar-refractivity contribution in [2.24, 2.45) is 5.92 Å². The molecule has 1 aliphatic heterocycles. The number of nitrogens with one attached hydrogen (secondary N) is 1. The molecule has 28 heavy (non-hydrogen) atoms. The number of halogens is 1. The van der Waals surface area contributed by atoms with Crippen LogP contribution in [0.1, 0.15) is 32.1 Å². The zero-order valence-electron chi connectivity index (χ0n) is 16.4. The second-order valence-corrected chi connectivity index (χ2v) is 7.77. The van der Waals surface area contributed by atoms with E-state index in [1.165, 1.54) is 12.8 Å². The average Bonchev–Trinajstić information content (AvgIpc) is 3.20. The Bertz CT molecular complexity index is 751. The third kappa shape index (κ3) is 6.24. The molecule has 1 amide bonds. The third-order valence-electron chi connectivity index (χ3n) is 5.24. The lowest BCUT2D eigenvalue weighted by molar-refractivity contribution is -0.116. The fourth-order valence-corrected chi connectivity index (χ4v) is 4.04. The number of likely N-dealkylation sites (tertiary alicyclic amines) is 1. The van der Waals surface area contributed by atoms with Crippen molar-refractivity contribution in [1.29, 1.82) is 0 Å². The Morgan fingerprint density at radius 1 is 1.39 bits per heavy atom. The first-order valence-electron chi connectivity index (χ1n) is 9.97. The smallest absolute Gasteiger partial charge is 0.224 e. The zero-order chi connectivity index (χ0) is 19.8. The Labute approximate surface area is 171 Å². The fourth-order valence-electron chi connectivity index (χ4n) is 3.78. The van der Waals surface area contributed by atoms with Gasteiger partial charge in [0.25, 0.3) is 0 Å². The Morgan fingerprint density at radius 3 is 3.04 bits per heavy atom. The van der Waals surface area contributed by atoms with E-state index in [1.807, 2.05) is 29.2 Å². The number of hydrogen-bond donors (Lipinski definition) is 1. The molecule has 0 bridgehead atoms. The van der Waals surface area contributed by atoms with E-state index in [9.17, 15) is 4.79 Å². The van der Waals surface area contributed by atoms with Crippen molar-refractivity contribution in [2.75, 3.05) is 32.1 Å². The van der Waals surface area contributed by atoms with Gasteiger partial charge in [0.05, 0.1) is 12.1 Å². The van der Waals surface area contributed by atoms with Gasteiger partial charge in [-0.25, -0.2) is 0 Å². The maximum Gasteiger partial charge on any atom is 0.224 e. The molecule has 2 heterocycles. The van der Waals surface area contributed by atoms with E-state index < -0.39 is 0 Å². The number of carbonyl (C=O) groups is 1. The van der Waals surface area contributed by atoms with Gasteiger partial charge in [-0.1, -0.05) is 11.6 Å². The van der Waals surface area contributed by atoms with Gasteiger partial charge in [-0.15, -0.1) is 0 Å². The number of carbonyl (C=O) groups excluding carboxylic acids is 1. The second kappa shape index (κ2) is 10.5. The fraction of sp³-hybridized carbons (Fsp3) is 0.524. The van der Waals surface area contributed by atoms with Crippen LogP contribution in [0, 0.1) is 5.92 Å². The molecule has 1 fully saturated rings. The van der Waals surface area contributed by atoms with E-state index >= 15 is 0 Å². The lowest BCUT2D eigenvalue weighted by Gasteiger charge is -2.32. The average molecular weight is 405 g/mol. The molecule has 1 saturated heterocycles. The van der Waals surface area contributed by atoms with Crippen LogP contribution in [0.3, 0.4) is 0 Å². The monoisotopic (exact) mass is 404 g/mol. The summed E-state index contributed by atoms with van der Waals surface area (Å²) in [5.74, 6) is 1.23. The van der Waals surface area contributed by atoms with Crippen molar-refractivity contribution in [2.45, 2.75) is 38.6 Å². The van der Waals surface area contributed by atoms with Crippen molar-refractivity contribution >= 4 is 23.2 Å². The third-order valence-corrected chi connectivity index (χ3v) is 5.53. The molecule has 0 unspecified atom stereocenters.